The number of halogens is 1. The van der Waals surface area contributed by atoms with E-state index >= 15 is 0 Å². The Labute approximate surface area is 190 Å². The Morgan fingerprint density at radius 2 is 1.87 bits per heavy atom. The summed E-state index contributed by atoms with van der Waals surface area (Å²) in [7, 11) is 0. The highest BCUT2D eigenvalue weighted by Gasteiger charge is 2.29. The molecular weight excluding hydrogens is 432 g/mol. The van der Waals surface area contributed by atoms with Crippen LogP contribution in [0.25, 0.3) is 5.69 Å². The Morgan fingerprint density at radius 3 is 2.48 bits per heavy atom. The molecule has 31 heavy (non-hydrogen) atoms. The van der Waals surface area contributed by atoms with E-state index in [2.05, 4.69) is 24.3 Å². The van der Waals surface area contributed by atoms with E-state index in [1.54, 1.807) is 6.20 Å². The van der Waals surface area contributed by atoms with Crippen LogP contribution in [0.15, 0.2) is 47.3 Å². The number of benzene rings is 1. The molecule has 3 heterocycles. The van der Waals surface area contributed by atoms with Crippen LogP contribution in [0.4, 0.5) is 0 Å². The van der Waals surface area contributed by atoms with Gasteiger partial charge in [-0.25, -0.2) is 4.68 Å². The van der Waals surface area contributed by atoms with Crippen molar-refractivity contribution in [2.75, 3.05) is 13.1 Å². The van der Waals surface area contributed by atoms with Crippen LogP contribution in [0, 0.1) is 0 Å². The number of carbonyl (C=O) groups excluding carboxylic acids is 2. The summed E-state index contributed by atoms with van der Waals surface area (Å²) in [5, 5.41) is 12.0. The zero-order chi connectivity index (χ0) is 22.0. The number of carbonyl (C=O) groups is 2. The molecule has 0 bridgehead atoms. The number of amides is 2. The molecule has 4 rings (SSSR count). The average Bonchev–Trinajstić information content (AvgIpc) is 3.45. The van der Waals surface area contributed by atoms with Gasteiger partial charge in [0.25, 0.3) is 11.8 Å². The van der Waals surface area contributed by atoms with E-state index in [4.69, 9.17) is 11.6 Å². The third kappa shape index (κ3) is 4.67. The van der Waals surface area contributed by atoms with E-state index in [9.17, 15) is 9.59 Å². The Kier molecular flexibility index (Phi) is 6.43. The topological polar surface area (TPSA) is 67.2 Å². The molecule has 2 aromatic heterocycles. The second-order valence-corrected chi connectivity index (χ2v) is 9.25. The Bertz CT molecular complexity index is 1050. The Hall–Kier alpha value is -2.64. The molecule has 162 valence electrons. The largest absolute Gasteiger partial charge is 0.349 e. The molecule has 0 unspecified atom stereocenters. The van der Waals surface area contributed by atoms with Crippen molar-refractivity contribution in [1.82, 2.24) is 20.0 Å². The molecule has 0 saturated carbocycles. The molecule has 3 aromatic rings. The molecule has 1 aliphatic heterocycles. The van der Waals surface area contributed by atoms with Crippen LogP contribution in [-0.4, -0.2) is 45.6 Å². The first-order valence-electron chi connectivity index (χ1n) is 10.4. The highest BCUT2D eigenvalue weighted by Crippen LogP contribution is 2.26. The molecule has 0 radical (unpaired) electrons. The lowest BCUT2D eigenvalue weighted by Crippen LogP contribution is -2.46. The predicted molar refractivity (Wildman–Crippen MR) is 123 cm³/mol. The van der Waals surface area contributed by atoms with Gasteiger partial charge in [-0.3, -0.25) is 9.59 Å². The number of hydrogen-bond donors (Lipinski definition) is 1. The first kappa shape index (κ1) is 21.6. The lowest BCUT2D eigenvalue weighted by Gasteiger charge is -2.32. The van der Waals surface area contributed by atoms with Crippen molar-refractivity contribution in [3.63, 3.8) is 0 Å². The zero-order valence-electron chi connectivity index (χ0n) is 17.5. The summed E-state index contributed by atoms with van der Waals surface area (Å²) in [6.07, 6.45) is 3.14. The maximum atomic E-state index is 13.3. The standard InChI is InChI=1S/C23H25ClN4O2S/c1-15(2)21-20(13-25-28(21)19-5-3-17(24)4-6-19)23(30)27-10-7-18(8-11-27)26-22(29)16-9-12-31-14-16/h3-6,9,12-15,18H,7-8,10-11H2,1-2H3,(H,26,29). The molecule has 1 aromatic carbocycles. The summed E-state index contributed by atoms with van der Waals surface area (Å²) in [5.74, 6) is 0.0726. The van der Waals surface area contributed by atoms with Crippen LogP contribution >= 0.6 is 22.9 Å². The minimum absolute atomic E-state index is 0.00785. The maximum Gasteiger partial charge on any atom is 0.257 e. The summed E-state index contributed by atoms with van der Waals surface area (Å²) in [6.45, 7) is 5.34. The van der Waals surface area contributed by atoms with Crippen molar-refractivity contribution in [3.05, 3.63) is 69.1 Å². The molecule has 8 heteroatoms. The SMILES string of the molecule is CC(C)c1c(C(=O)N2CCC(NC(=O)c3ccsc3)CC2)cnn1-c1ccc(Cl)cc1. The van der Waals surface area contributed by atoms with E-state index in [1.807, 2.05) is 50.7 Å². The number of nitrogens with one attached hydrogen (secondary N) is 1. The summed E-state index contributed by atoms with van der Waals surface area (Å²) in [5.41, 5.74) is 3.09. The van der Waals surface area contributed by atoms with E-state index in [0.29, 0.717) is 29.2 Å². The van der Waals surface area contributed by atoms with Crippen molar-refractivity contribution >= 4 is 34.8 Å². The van der Waals surface area contributed by atoms with E-state index < -0.39 is 0 Å². The quantitative estimate of drug-likeness (QED) is 0.602. The van der Waals surface area contributed by atoms with Crippen molar-refractivity contribution in [1.29, 1.82) is 0 Å². The molecule has 2 amide bonds. The number of nitrogens with zero attached hydrogens (tertiary/aromatic N) is 3. The first-order chi connectivity index (χ1) is 14.9. The minimum Gasteiger partial charge on any atom is -0.349 e. The third-order valence-electron chi connectivity index (χ3n) is 5.56. The average molecular weight is 457 g/mol. The normalized spacial score (nSPS) is 14.8. The van der Waals surface area contributed by atoms with Crippen LogP contribution in [0.5, 0.6) is 0 Å². The Balaban J connectivity index is 1.45. The maximum absolute atomic E-state index is 13.3. The smallest absolute Gasteiger partial charge is 0.257 e. The van der Waals surface area contributed by atoms with Gasteiger partial charge in [0.2, 0.25) is 0 Å². The van der Waals surface area contributed by atoms with E-state index in [-0.39, 0.29) is 23.8 Å². The molecule has 1 N–H and O–H groups in total. The first-order valence-corrected chi connectivity index (χ1v) is 11.7. The van der Waals surface area contributed by atoms with Crippen molar-refractivity contribution in [2.24, 2.45) is 0 Å². The van der Waals surface area contributed by atoms with Gasteiger partial charge in [0.1, 0.15) is 0 Å². The van der Waals surface area contributed by atoms with Crippen molar-refractivity contribution in [3.8, 4) is 5.69 Å². The molecule has 0 atom stereocenters. The highest BCUT2D eigenvalue weighted by atomic mass is 35.5. The van der Waals surface area contributed by atoms with Gasteiger partial charge in [-0.1, -0.05) is 25.4 Å². The summed E-state index contributed by atoms with van der Waals surface area (Å²) in [4.78, 5) is 27.5. The lowest BCUT2D eigenvalue weighted by molar-refractivity contribution is 0.0696. The summed E-state index contributed by atoms with van der Waals surface area (Å²) < 4.78 is 1.82. The van der Waals surface area contributed by atoms with Crippen LogP contribution < -0.4 is 5.32 Å². The van der Waals surface area contributed by atoms with Gasteiger partial charge in [-0.15, -0.1) is 0 Å². The molecule has 0 spiro atoms. The van der Waals surface area contributed by atoms with Gasteiger partial charge in [0.05, 0.1) is 23.1 Å². The lowest BCUT2D eigenvalue weighted by atomic mass is 10.0. The van der Waals surface area contributed by atoms with Gasteiger partial charge in [-0.2, -0.15) is 16.4 Å². The van der Waals surface area contributed by atoms with Gasteiger partial charge in [0, 0.05) is 35.1 Å². The van der Waals surface area contributed by atoms with Gasteiger partial charge in [0.15, 0.2) is 0 Å². The molecule has 1 fully saturated rings. The second kappa shape index (κ2) is 9.24. The van der Waals surface area contributed by atoms with Gasteiger partial charge >= 0.3 is 0 Å². The number of piperidine rings is 1. The fourth-order valence-corrected chi connectivity index (χ4v) is 4.69. The Morgan fingerprint density at radius 1 is 1.16 bits per heavy atom. The second-order valence-electron chi connectivity index (χ2n) is 8.04. The van der Waals surface area contributed by atoms with Crippen LogP contribution in [0.1, 0.15) is 59.0 Å². The fourth-order valence-electron chi connectivity index (χ4n) is 3.93. The van der Waals surface area contributed by atoms with Crippen LogP contribution in [0.2, 0.25) is 5.02 Å². The highest BCUT2D eigenvalue weighted by molar-refractivity contribution is 7.08. The van der Waals surface area contributed by atoms with E-state index in [1.165, 1.54) is 11.3 Å². The van der Waals surface area contributed by atoms with Gasteiger partial charge < -0.3 is 10.2 Å². The fraction of sp³-hybridized carbons (Fsp3) is 0.348. The number of aromatic nitrogens is 2. The minimum atomic E-state index is -0.0441. The number of rotatable bonds is 5. The molecule has 1 saturated heterocycles. The van der Waals surface area contributed by atoms with Gasteiger partial charge in [-0.05, 0) is 54.5 Å². The number of likely N-dealkylation sites (tertiary alicyclic amines) is 1. The van der Waals surface area contributed by atoms with Crippen molar-refractivity contribution < 1.29 is 9.59 Å². The zero-order valence-corrected chi connectivity index (χ0v) is 19.1. The molecule has 1 aliphatic rings. The third-order valence-corrected chi connectivity index (χ3v) is 6.49. The van der Waals surface area contributed by atoms with E-state index in [0.717, 1.165) is 24.2 Å². The molecular formula is C23H25ClN4O2S. The summed E-state index contributed by atoms with van der Waals surface area (Å²) >= 11 is 7.52. The predicted octanol–water partition coefficient (Wildman–Crippen LogP) is 4.75. The monoisotopic (exact) mass is 456 g/mol. The number of thiophene rings is 1. The number of hydrogen-bond acceptors (Lipinski definition) is 4. The summed E-state index contributed by atoms with van der Waals surface area (Å²) in [6, 6.07) is 9.34. The van der Waals surface area contributed by atoms with Crippen LogP contribution in [-0.2, 0) is 0 Å². The van der Waals surface area contributed by atoms with Crippen molar-refractivity contribution in [2.45, 2.75) is 38.6 Å². The molecule has 6 nitrogen and oxygen atoms in total. The van der Waals surface area contributed by atoms with Crippen LogP contribution in [0.3, 0.4) is 0 Å². The molecule has 0 aliphatic carbocycles.